The van der Waals surface area contributed by atoms with E-state index >= 15 is 0 Å². The van der Waals surface area contributed by atoms with Gasteiger partial charge in [0, 0.05) is 17.0 Å². The Kier molecular flexibility index (Phi) is 4.43. The molecule has 0 aliphatic rings. The largest absolute Gasteiger partial charge is 0.302 e. The van der Waals surface area contributed by atoms with Gasteiger partial charge in [-0.05, 0) is 29.3 Å². The first kappa shape index (κ1) is 14.3. The minimum absolute atomic E-state index is 0.187. The fraction of sp³-hybridized carbons (Fsp3) is 0.412. The molecule has 0 aliphatic carbocycles. The molecule has 1 N–H and O–H groups in total. The highest BCUT2D eigenvalue weighted by molar-refractivity contribution is 7.10. The molecule has 1 heterocycles. The van der Waals surface area contributed by atoms with Crippen LogP contribution in [0.3, 0.4) is 0 Å². The van der Waals surface area contributed by atoms with Gasteiger partial charge in [0.1, 0.15) is 0 Å². The Morgan fingerprint density at radius 2 is 1.68 bits per heavy atom. The van der Waals surface area contributed by atoms with Gasteiger partial charge in [-0.15, -0.1) is 11.3 Å². The molecule has 0 amide bonds. The molecule has 2 unspecified atom stereocenters. The van der Waals surface area contributed by atoms with E-state index < -0.39 is 0 Å². The van der Waals surface area contributed by atoms with E-state index in [0.29, 0.717) is 12.1 Å². The predicted octanol–water partition coefficient (Wildman–Crippen LogP) is 5.19. The molecule has 102 valence electrons. The minimum atomic E-state index is 0.187. The summed E-state index contributed by atoms with van der Waals surface area (Å²) in [6.07, 6.45) is 0. The smallest absolute Gasteiger partial charge is 0.0391 e. The highest BCUT2D eigenvalue weighted by Crippen LogP contribution is 2.35. The van der Waals surface area contributed by atoms with Gasteiger partial charge in [-0.25, -0.2) is 0 Å². The van der Waals surface area contributed by atoms with Crippen LogP contribution in [0.5, 0.6) is 0 Å². The number of nitrogens with one attached hydrogen (secondary N) is 1. The maximum atomic E-state index is 3.79. The Morgan fingerprint density at radius 1 is 1.00 bits per heavy atom. The minimum Gasteiger partial charge on any atom is -0.302 e. The van der Waals surface area contributed by atoms with Crippen LogP contribution in [0.2, 0.25) is 0 Å². The normalized spacial score (nSPS) is 15.2. The summed E-state index contributed by atoms with van der Waals surface area (Å²) in [5.74, 6) is 0. The number of rotatable bonds is 4. The molecule has 19 heavy (non-hydrogen) atoms. The molecule has 2 heteroatoms. The van der Waals surface area contributed by atoms with Crippen LogP contribution in [0.15, 0.2) is 47.8 Å². The van der Waals surface area contributed by atoms with Crippen LogP contribution in [0.25, 0.3) is 0 Å². The summed E-state index contributed by atoms with van der Waals surface area (Å²) in [4.78, 5) is 1.39. The van der Waals surface area contributed by atoms with E-state index in [1.807, 2.05) is 11.3 Å². The summed E-state index contributed by atoms with van der Waals surface area (Å²) >= 11 is 1.82. The lowest BCUT2D eigenvalue weighted by atomic mass is 9.82. The van der Waals surface area contributed by atoms with Gasteiger partial charge in [0.15, 0.2) is 0 Å². The first-order chi connectivity index (χ1) is 8.98. The van der Waals surface area contributed by atoms with Crippen molar-refractivity contribution >= 4 is 11.3 Å². The van der Waals surface area contributed by atoms with Crippen molar-refractivity contribution in [1.82, 2.24) is 5.32 Å². The zero-order valence-electron chi connectivity index (χ0n) is 12.2. The molecule has 2 rings (SSSR count). The van der Waals surface area contributed by atoms with Crippen molar-refractivity contribution in [3.05, 3.63) is 58.3 Å². The van der Waals surface area contributed by atoms with E-state index in [1.165, 1.54) is 10.4 Å². The SMILES string of the molecule is CC(NC(c1ccccc1)C(C)(C)C)c1cccs1. The molecule has 0 saturated heterocycles. The molecule has 0 saturated carbocycles. The summed E-state index contributed by atoms with van der Waals surface area (Å²) in [5.41, 5.74) is 1.55. The average Bonchev–Trinajstić information content (AvgIpc) is 2.89. The summed E-state index contributed by atoms with van der Waals surface area (Å²) in [6.45, 7) is 9.12. The lowest BCUT2D eigenvalue weighted by Crippen LogP contribution is -2.33. The van der Waals surface area contributed by atoms with Crippen LogP contribution in [-0.2, 0) is 0 Å². The van der Waals surface area contributed by atoms with Gasteiger partial charge in [0.2, 0.25) is 0 Å². The van der Waals surface area contributed by atoms with E-state index in [9.17, 15) is 0 Å². The van der Waals surface area contributed by atoms with Gasteiger partial charge in [-0.3, -0.25) is 0 Å². The molecule has 2 aromatic rings. The molecule has 0 fully saturated rings. The maximum Gasteiger partial charge on any atom is 0.0391 e. The monoisotopic (exact) mass is 273 g/mol. The molecular weight excluding hydrogens is 250 g/mol. The fourth-order valence-electron chi connectivity index (χ4n) is 2.36. The van der Waals surface area contributed by atoms with Gasteiger partial charge in [0.05, 0.1) is 0 Å². The molecule has 2 atom stereocenters. The fourth-order valence-corrected chi connectivity index (χ4v) is 3.11. The summed E-state index contributed by atoms with van der Waals surface area (Å²) in [7, 11) is 0. The summed E-state index contributed by atoms with van der Waals surface area (Å²) < 4.78 is 0. The predicted molar refractivity (Wildman–Crippen MR) is 84.5 cm³/mol. The zero-order chi connectivity index (χ0) is 13.9. The number of hydrogen-bond donors (Lipinski definition) is 1. The third-order valence-electron chi connectivity index (χ3n) is 3.39. The third-order valence-corrected chi connectivity index (χ3v) is 4.44. The molecule has 1 aromatic carbocycles. The van der Waals surface area contributed by atoms with Gasteiger partial charge in [-0.2, -0.15) is 0 Å². The van der Waals surface area contributed by atoms with Crippen LogP contribution >= 0.6 is 11.3 Å². The van der Waals surface area contributed by atoms with Crippen LogP contribution in [0.4, 0.5) is 0 Å². The second-order valence-corrected chi connectivity index (χ2v) is 7.09. The van der Waals surface area contributed by atoms with Gasteiger partial charge in [-0.1, -0.05) is 57.2 Å². The van der Waals surface area contributed by atoms with Crippen LogP contribution in [0.1, 0.15) is 50.2 Å². The van der Waals surface area contributed by atoms with Crippen molar-refractivity contribution < 1.29 is 0 Å². The van der Waals surface area contributed by atoms with E-state index in [1.54, 1.807) is 0 Å². The molecule has 0 radical (unpaired) electrons. The molecule has 1 nitrogen and oxygen atoms in total. The van der Waals surface area contributed by atoms with E-state index in [2.05, 4.69) is 80.9 Å². The second-order valence-electron chi connectivity index (χ2n) is 6.11. The number of hydrogen-bond acceptors (Lipinski definition) is 2. The molecular formula is C17H23NS. The van der Waals surface area contributed by atoms with Crippen molar-refractivity contribution in [2.75, 3.05) is 0 Å². The Bertz CT molecular complexity index is 482. The second kappa shape index (κ2) is 5.89. The molecule has 1 aromatic heterocycles. The van der Waals surface area contributed by atoms with Gasteiger partial charge >= 0.3 is 0 Å². The van der Waals surface area contributed by atoms with E-state index in [0.717, 1.165) is 0 Å². The standard InChI is InChI=1S/C17H23NS/c1-13(15-11-8-12-19-15)18-16(17(2,3)4)14-9-6-5-7-10-14/h5-13,16,18H,1-4H3. The lowest BCUT2D eigenvalue weighted by molar-refractivity contribution is 0.255. The van der Waals surface area contributed by atoms with Crippen molar-refractivity contribution in [2.24, 2.45) is 5.41 Å². The maximum absolute atomic E-state index is 3.79. The van der Waals surface area contributed by atoms with Crippen molar-refractivity contribution in [3.63, 3.8) is 0 Å². The van der Waals surface area contributed by atoms with Crippen LogP contribution < -0.4 is 5.32 Å². The first-order valence-corrected chi connectivity index (χ1v) is 7.71. The van der Waals surface area contributed by atoms with Crippen LogP contribution in [-0.4, -0.2) is 0 Å². The Balaban J connectivity index is 2.20. The van der Waals surface area contributed by atoms with E-state index in [4.69, 9.17) is 0 Å². The summed E-state index contributed by atoms with van der Waals surface area (Å²) in [6, 6.07) is 15.8. The Labute approximate surface area is 120 Å². The van der Waals surface area contributed by atoms with Crippen molar-refractivity contribution in [1.29, 1.82) is 0 Å². The molecule has 0 aliphatic heterocycles. The lowest BCUT2D eigenvalue weighted by Gasteiger charge is -2.34. The highest BCUT2D eigenvalue weighted by Gasteiger charge is 2.27. The molecule has 0 spiro atoms. The highest BCUT2D eigenvalue weighted by atomic mass is 32.1. The van der Waals surface area contributed by atoms with Gasteiger partial charge in [0.25, 0.3) is 0 Å². The Hall–Kier alpha value is -1.12. The van der Waals surface area contributed by atoms with Crippen molar-refractivity contribution in [2.45, 2.75) is 39.8 Å². The third kappa shape index (κ3) is 3.68. The zero-order valence-corrected chi connectivity index (χ0v) is 13.0. The van der Waals surface area contributed by atoms with E-state index in [-0.39, 0.29) is 5.41 Å². The average molecular weight is 273 g/mol. The summed E-state index contributed by atoms with van der Waals surface area (Å²) in [5, 5.41) is 5.93. The van der Waals surface area contributed by atoms with Crippen LogP contribution in [0, 0.1) is 5.41 Å². The quantitative estimate of drug-likeness (QED) is 0.808. The number of benzene rings is 1. The molecule has 0 bridgehead atoms. The Morgan fingerprint density at radius 3 is 2.21 bits per heavy atom. The topological polar surface area (TPSA) is 12.0 Å². The van der Waals surface area contributed by atoms with Crippen molar-refractivity contribution in [3.8, 4) is 0 Å². The first-order valence-electron chi connectivity index (χ1n) is 6.83. The number of thiophene rings is 1. The van der Waals surface area contributed by atoms with Gasteiger partial charge < -0.3 is 5.32 Å².